The van der Waals surface area contributed by atoms with Crippen molar-refractivity contribution in [2.75, 3.05) is 6.26 Å². The van der Waals surface area contributed by atoms with E-state index in [1.54, 1.807) is 0 Å². The van der Waals surface area contributed by atoms with Gasteiger partial charge in [0.1, 0.15) is 11.6 Å². The van der Waals surface area contributed by atoms with Crippen molar-refractivity contribution in [1.82, 2.24) is 19.7 Å². The normalized spacial score (nSPS) is 12.4. The van der Waals surface area contributed by atoms with E-state index in [0.717, 1.165) is 42.8 Å². The van der Waals surface area contributed by atoms with Crippen molar-refractivity contribution in [2.24, 2.45) is 0 Å². The second-order valence-electron chi connectivity index (χ2n) is 5.39. The monoisotopic (exact) mass is 404 g/mol. The van der Waals surface area contributed by atoms with Crippen LogP contribution in [0.5, 0.6) is 0 Å². The number of halogens is 5. The lowest BCUT2D eigenvalue weighted by Crippen LogP contribution is -2.09. The third-order valence-corrected chi connectivity index (χ3v) is 4.51. The van der Waals surface area contributed by atoms with Crippen LogP contribution in [-0.4, -0.2) is 34.4 Å². The smallest absolute Gasteiger partial charge is 0.236 e. The molecule has 0 aliphatic carbocycles. The van der Waals surface area contributed by atoms with Crippen molar-refractivity contribution in [2.45, 2.75) is 11.1 Å². The highest BCUT2D eigenvalue weighted by atomic mass is 32.2. The first-order valence-electron chi connectivity index (χ1n) is 7.13. The highest BCUT2D eigenvalue weighted by Gasteiger charge is 2.38. The minimum absolute atomic E-state index is 0.193. The Balaban J connectivity index is 2.25. The van der Waals surface area contributed by atoms with E-state index in [0.29, 0.717) is 4.68 Å². The zero-order valence-electron chi connectivity index (χ0n) is 13.4. The lowest BCUT2D eigenvalue weighted by atomic mass is 10.2. The summed E-state index contributed by atoms with van der Waals surface area (Å²) in [6.45, 7) is 0. The fourth-order valence-electron chi connectivity index (χ4n) is 2.18. The second kappa shape index (κ2) is 6.37. The molecular formula is C15H9F5N4O2S. The number of rotatable bonds is 3. The molecule has 0 aliphatic heterocycles. The molecule has 0 bridgehead atoms. The summed E-state index contributed by atoms with van der Waals surface area (Å²) in [5.41, 5.74) is -0.825. The molecule has 0 spiro atoms. The first-order valence-corrected chi connectivity index (χ1v) is 9.03. The summed E-state index contributed by atoms with van der Waals surface area (Å²) in [4.78, 5) is 6.74. The molecule has 0 saturated heterocycles. The summed E-state index contributed by atoms with van der Waals surface area (Å²) in [6, 6.07) is 4.87. The van der Waals surface area contributed by atoms with Gasteiger partial charge in [0.25, 0.3) is 5.82 Å². The van der Waals surface area contributed by atoms with Gasteiger partial charge in [-0.05, 0) is 24.3 Å². The molecule has 142 valence electrons. The van der Waals surface area contributed by atoms with Crippen LogP contribution in [0.3, 0.4) is 0 Å². The van der Waals surface area contributed by atoms with Crippen LogP contribution in [0.2, 0.25) is 0 Å². The minimum atomic E-state index is -4.98. The Morgan fingerprint density at radius 1 is 1.04 bits per heavy atom. The topological polar surface area (TPSA) is 77.7 Å². The van der Waals surface area contributed by atoms with Gasteiger partial charge in [0.15, 0.2) is 21.5 Å². The molecule has 0 fully saturated rings. The fourth-order valence-corrected chi connectivity index (χ4v) is 2.74. The Labute approximate surface area is 149 Å². The quantitative estimate of drug-likeness (QED) is 0.627. The van der Waals surface area contributed by atoms with Crippen LogP contribution in [0.1, 0.15) is 5.82 Å². The largest absolute Gasteiger partial charge is 0.453 e. The van der Waals surface area contributed by atoms with Crippen molar-refractivity contribution in [3.8, 4) is 17.2 Å². The van der Waals surface area contributed by atoms with Gasteiger partial charge in [-0.15, -0.1) is 5.10 Å². The van der Waals surface area contributed by atoms with Crippen LogP contribution in [0.15, 0.2) is 41.4 Å². The summed E-state index contributed by atoms with van der Waals surface area (Å²) in [5.74, 6) is -5.00. The molecule has 3 aromatic rings. The summed E-state index contributed by atoms with van der Waals surface area (Å²) in [7, 11) is -3.60. The number of alkyl halides is 3. The number of benzene rings is 1. The van der Waals surface area contributed by atoms with E-state index in [1.807, 2.05) is 0 Å². The van der Waals surface area contributed by atoms with E-state index >= 15 is 0 Å². The van der Waals surface area contributed by atoms with Crippen molar-refractivity contribution >= 4 is 9.84 Å². The number of hydrogen-bond donors (Lipinski definition) is 0. The zero-order valence-corrected chi connectivity index (χ0v) is 14.2. The van der Waals surface area contributed by atoms with E-state index in [2.05, 4.69) is 15.1 Å². The summed E-state index contributed by atoms with van der Waals surface area (Å²) in [6.07, 6.45) is -3.17. The highest BCUT2D eigenvalue weighted by Crippen LogP contribution is 2.32. The number of aromatic nitrogens is 4. The molecule has 27 heavy (non-hydrogen) atoms. The molecule has 0 N–H and O–H groups in total. The van der Waals surface area contributed by atoms with Gasteiger partial charge >= 0.3 is 6.18 Å². The van der Waals surface area contributed by atoms with Gasteiger partial charge < -0.3 is 0 Å². The molecule has 0 atom stereocenters. The average molecular weight is 404 g/mol. The third kappa shape index (κ3) is 3.65. The molecular weight excluding hydrogens is 395 g/mol. The Bertz CT molecular complexity index is 1090. The SMILES string of the molecule is CS(=O)(=O)c1ccc(-n2nc(C(F)(F)F)nc2-c2c(F)cccc2F)nc1. The lowest BCUT2D eigenvalue weighted by molar-refractivity contribution is -0.144. The van der Waals surface area contributed by atoms with Gasteiger partial charge in [-0.25, -0.2) is 27.2 Å². The Morgan fingerprint density at radius 3 is 2.15 bits per heavy atom. The molecule has 0 amide bonds. The molecule has 1 aromatic carbocycles. The second-order valence-corrected chi connectivity index (χ2v) is 7.41. The van der Waals surface area contributed by atoms with Crippen molar-refractivity contribution in [1.29, 1.82) is 0 Å². The van der Waals surface area contributed by atoms with E-state index in [9.17, 15) is 30.4 Å². The number of hydrogen-bond acceptors (Lipinski definition) is 5. The fraction of sp³-hybridized carbons (Fsp3) is 0.133. The standard InChI is InChI=1S/C15H9F5N4O2S/c1-27(25,26)8-5-6-11(21-7-8)24-13(22-14(23-24)15(18,19)20)12-9(16)3-2-4-10(12)17/h2-7H,1H3. The van der Waals surface area contributed by atoms with Crippen LogP contribution in [-0.2, 0) is 16.0 Å². The Kier molecular flexibility index (Phi) is 4.46. The van der Waals surface area contributed by atoms with E-state index in [1.165, 1.54) is 0 Å². The van der Waals surface area contributed by atoms with Gasteiger partial charge in [-0.3, -0.25) is 0 Å². The molecule has 6 nitrogen and oxygen atoms in total. The maximum atomic E-state index is 14.1. The van der Waals surface area contributed by atoms with Crippen LogP contribution < -0.4 is 0 Å². The molecule has 2 aromatic heterocycles. The molecule has 0 aliphatic rings. The average Bonchev–Trinajstić information content (AvgIpc) is 2.99. The maximum absolute atomic E-state index is 14.1. The molecule has 2 heterocycles. The maximum Gasteiger partial charge on any atom is 0.453 e. The number of sulfone groups is 1. The molecule has 0 saturated carbocycles. The lowest BCUT2D eigenvalue weighted by Gasteiger charge is -2.07. The van der Waals surface area contributed by atoms with E-state index in [-0.39, 0.29) is 10.7 Å². The van der Waals surface area contributed by atoms with Gasteiger partial charge in [0, 0.05) is 12.5 Å². The third-order valence-electron chi connectivity index (χ3n) is 3.41. The van der Waals surface area contributed by atoms with Crippen molar-refractivity contribution in [3.63, 3.8) is 0 Å². The predicted octanol–water partition coefficient (Wildman–Crippen LogP) is 3.03. The van der Waals surface area contributed by atoms with Crippen LogP contribution in [0, 0.1) is 11.6 Å². The number of nitrogens with zero attached hydrogens (tertiary/aromatic N) is 4. The van der Waals surface area contributed by atoms with Gasteiger partial charge in [0.05, 0.1) is 10.5 Å². The minimum Gasteiger partial charge on any atom is -0.236 e. The predicted molar refractivity (Wildman–Crippen MR) is 82.6 cm³/mol. The Morgan fingerprint density at radius 2 is 1.67 bits per heavy atom. The zero-order chi connectivity index (χ0) is 20.0. The first kappa shape index (κ1) is 18.9. The van der Waals surface area contributed by atoms with Crippen molar-refractivity contribution < 1.29 is 30.4 Å². The number of pyridine rings is 1. The van der Waals surface area contributed by atoms with Crippen LogP contribution in [0.25, 0.3) is 17.2 Å². The highest BCUT2D eigenvalue weighted by molar-refractivity contribution is 7.90. The molecule has 0 unspecified atom stereocenters. The summed E-state index contributed by atoms with van der Waals surface area (Å²) in [5, 5.41) is 3.24. The van der Waals surface area contributed by atoms with Gasteiger partial charge in [-0.2, -0.15) is 17.9 Å². The molecule has 3 rings (SSSR count). The molecule has 0 radical (unpaired) electrons. The van der Waals surface area contributed by atoms with E-state index in [4.69, 9.17) is 0 Å². The summed E-state index contributed by atoms with van der Waals surface area (Å²) >= 11 is 0. The first-order chi connectivity index (χ1) is 12.5. The summed E-state index contributed by atoms with van der Waals surface area (Å²) < 4.78 is 90.6. The van der Waals surface area contributed by atoms with Crippen molar-refractivity contribution in [3.05, 3.63) is 54.0 Å². The van der Waals surface area contributed by atoms with Crippen LogP contribution in [0.4, 0.5) is 22.0 Å². The Hall–Kier alpha value is -2.89. The van der Waals surface area contributed by atoms with Gasteiger partial charge in [-0.1, -0.05) is 6.07 Å². The van der Waals surface area contributed by atoms with Gasteiger partial charge in [0.2, 0.25) is 0 Å². The molecule has 12 heteroatoms. The van der Waals surface area contributed by atoms with E-state index < -0.39 is 44.9 Å². The van der Waals surface area contributed by atoms with Crippen LogP contribution >= 0.6 is 0 Å².